The van der Waals surface area contributed by atoms with Gasteiger partial charge in [-0.05, 0) is 63.6 Å². The SMILES string of the molecule is COC1C(=O)C=CC=C1C(C=C(C)C)N1CCC(c2noc3cc(F)ccc23)CC1. The molecule has 1 aromatic carbocycles. The third-order valence-electron chi connectivity index (χ3n) is 5.95. The van der Waals surface area contributed by atoms with Gasteiger partial charge in [0.2, 0.25) is 0 Å². The number of methoxy groups -OCH3 is 1. The fourth-order valence-electron chi connectivity index (χ4n) is 4.50. The van der Waals surface area contributed by atoms with Gasteiger partial charge in [-0.2, -0.15) is 0 Å². The number of halogens is 1. The molecule has 0 saturated carbocycles. The largest absolute Gasteiger partial charge is 0.369 e. The average Bonchev–Trinajstić information content (AvgIpc) is 3.15. The normalized spacial score (nSPS) is 21.7. The summed E-state index contributed by atoms with van der Waals surface area (Å²) in [4.78, 5) is 14.7. The summed E-state index contributed by atoms with van der Waals surface area (Å²) in [5, 5.41) is 5.14. The molecule has 1 aliphatic carbocycles. The van der Waals surface area contributed by atoms with E-state index < -0.39 is 6.10 Å². The highest BCUT2D eigenvalue weighted by Crippen LogP contribution is 2.35. The molecule has 0 amide bonds. The first-order valence-electron chi connectivity index (χ1n) is 10.4. The van der Waals surface area contributed by atoms with Crippen LogP contribution in [-0.4, -0.2) is 48.2 Å². The molecule has 6 heteroatoms. The lowest BCUT2D eigenvalue weighted by Gasteiger charge is -2.39. The Balaban J connectivity index is 1.54. The second-order valence-electron chi connectivity index (χ2n) is 8.25. The second kappa shape index (κ2) is 8.66. The third-order valence-corrected chi connectivity index (χ3v) is 5.95. The molecule has 2 aliphatic rings. The summed E-state index contributed by atoms with van der Waals surface area (Å²) in [6.07, 6.45) is 8.89. The summed E-state index contributed by atoms with van der Waals surface area (Å²) in [5.41, 5.74) is 3.58. The number of carbonyl (C=O) groups is 1. The van der Waals surface area contributed by atoms with E-state index in [0.29, 0.717) is 5.58 Å². The van der Waals surface area contributed by atoms with Gasteiger partial charge in [-0.15, -0.1) is 0 Å². The minimum Gasteiger partial charge on any atom is -0.369 e. The standard InChI is InChI=1S/C24H27FN2O3/c1-15(2)13-20(18-5-4-6-21(28)24(18)29-3)27-11-9-16(10-12-27)23-19-8-7-17(25)14-22(19)30-26-23/h4-8,13-14,16,20,24H,9-12H2,1-3H3. The smallest absolute Gasteiger partial charge is 0.188 e. The maximum atomic E-state index is 13.5. The quantitative estimate of drug-likeness (QED) is 0.677. The Morgan fingerprint density at radius 2 is 2.10 bits per heavy atom. The maximum absolute atomic E-state index is 13.5. The summed E-state index contributed by atoms with van der Waals surface area (Å²) >= 11 is 0. The molecule has 0 radical (unpaired) electrons. The minimum absolute atomic E-state index is 0.0120. The number of ketones is 1. The van der Waals surface area contributed by atoms with Crippen molar-refractivity contribution in [3.05, 3.63) is 65.2 Å². The number of carbonyl (C=O) groups excluding carboxylic acids is 1. The predicted molar refractivity (Wildman–Crippen MR) is 114 cm³/mol. The Morgan fingerprint density at radius 1 is 1.33 bits per heavy atom. The van der Waals surface area contributed by atoms with Crippen LogP contribution < -0.4 is 0 Å². The number of ether oxygens (including phenoxy) is 1. The molecule has 2 unspecified atom stereocenters. The van der Waals surface area contributed by atoms with Crippen molar-refractivity contribution in [3.8, 4) is 0 Å². The van der Waals surface area contributed by atoms with Gasteiger partial charge in [0.1, 0.15) is 11.9 Å². The van der Waals surface area contributed by atoms with Gasteiger partial charge >= 0.3 is 0 Å². The van der Waals surface area contributed by atoms with E-state index >= 15 is 0 Å². The number of nitrogens with zero attached hydrogens (tertiary/aromatic N) is 2. The van der Waals surface area contributed by atoms with Gasteiger partial charge < -0.3 is 9.26 Å². The average molecular weight is 410 g/mol. The van der Waals surface area contributed by atoms with Gasteiger partial charge in [-0.25, -0.2) is 4.39 Å². The molecule has 0 spiro atoms. The predicted octanol–water partition coefficient (Wildman–Crippen LogP) is 4.56. The molecule has 1 fully saturated rings. The molecule has 0 bridgehead atoms. The van der Waals surface area contributed by atoms with E-state index in [-0.39, 0.29) is 23.6 Å². The van der Waals surface area contributed by atoms with Crippen LogP contribution in [0.4, 0.5) is 4.39 Å². The van der Waals surface area contributed by atoms with Gasteiger partial charge in [0.15, 0.2) is 11.4 Å². The van der Waals surface area contributed by atoms with Gasteiger partial charge in [0, 0.05) is 24.5 Å². The summed E-state index contributed by atoms with van der Waals surface area (Å²) in [5.74, 6) is -0.0691. The van der Waals surface area contributed by atoms with Gasteiger partial charge in [-0.3, -0.25) is 9.69 Å². The molecule has 5 nitrogen and oxygen atoms in total. The van der Waals surface area contributed by atoms with Crippen molar-refractivity contribution >= 4 is 16.8 Å². The molecule has 1 aromatic heterocycles. The molecule has 4 rings (SSSR count). The monoisotopic (exact) mass is 410 g/mol. The Kier molecular flexibility index (Phi) is 5.97. The molecule has 1 aliphatic heterocycles. The number of aromatic nitrogens is 1. The number of rotatable bonds is 5. The lowest BCUT2D eigenvalue weighted by atomic mass is 9.87. The molecule has 158 valence electrons. The van der Waals surface area contributed by atoms with E-state index in [4.69, 9.17) is 9.26 Å². The van der Waals surface area contributed by atoms with Gasteiger partial charge in [0.05, 0.1) is 11.7 Å². The maximum Gasteiger partial charge on any atom is 0.188 e. The number of hydrogen-bond acceptors (Lipinski definition) is 5. The Bertz CT molecular complexity index is 1020. The first kappa shape index (κ1) is 20.7. The van der Waals surface area contributed by atoms with Crippen LogP contribution in [0.3, 0.4) is 0 Å². The number of benzene rings is 1. The van der Waals surface area contributed by atoms with Crippen molar-refractivity contribution in [1.29, 1.82) is 0 Å². The van der Waals surface area contributed by atoms with Crippen LogP contribution in [-0.2, 0) is 9.53 Å². The summed E-state index contributed by atoms with van der Waals surface area (Å²) in [6.45, 7) is 5.87. The molecule has 2 heterocycles. The van der Waals surface area contributed by atoms with Gasteiger partial charge in [-0.1, -0.05) is 29.0 Å². The van der Waals surface area contributed by atoms with Crippen LogP contribution in [0.15, 0.2) is 58.2 Å². The van der Waals surface area contributed by atoms with Crippen molar-refractivity contribution in [2.24, 2.45) is 0 Å². The van der Waals surface area contributed by atoms with E-state index in [1.165, 1.54) is 17.7 Å². The number of hydrogen-bond donors (Lipinski definition) is 0. The Morgan fingerprint density at radius 3 is 2.80 bits per heavy atom. The zero-order valence-electron chi connectivity index (χ0n) is 17.6. The number of likely N-dealkylation sites (tertiary alicyclic amines) is 1. The van der Waals surface area contributed by atoms with Crippen LogP contribution in [0.5, 0.6) is 0 Å². The fourth-order valence-corrected chi connectivity index (χ4v) is 4.50. The van der Waals surface area contributed by atoms with Crippen LogP contribution in [0.2, 0.25) is 0 Å². The van der Waals surface area contributed by atoms with Crippen LogP contribution >= 0.6 is 0 Å². The van der Waals surface area contributed by atoms with E-state index in [2.05, 4.69) is 30.0 Å². The molecular formula is C24H27FN2O3. The zero-order chi connectivity index (χ0) is 21.3. The molecule has 2 aromatic rings. The number of fused-ring (bicyclic) bond motifs is 1. The van der Waals surface area contributed by atoms with Crippen LogP contribution in [0.25, 0.3) is 11.0 Å². The Labute approximate surface area is 175 Å². The molecule has 0 N–H and O–H groups in total. The third kappa shape index (κ3) is 4.02. The van der Waals surface area contributed by atoms with E-state index in [9.17, 15) is 9.18 Å². The first-order chi connectivity index (χ1) is 14.5. The Hall–Kier alpha value is -2.57. The second-order valence-corrected chi connectivity index (χ2v) is 8.25. The van der Waals surface area contributed by atoms with Gasteiger partial charge in [0.25, 0.3) is 0 Å². The van der Waals surface area contributed by atoms with E-state index in [1.54, 1.807) is 19.3 Å². The lowest BCUT2D eigenvalue weighted by molar-refractivity contribution is -0.122. The number of allylic oxidation sites excluding steroid dienone is 3. The molecular weight excluding hydrogens is 383 g/mol. The summed E-state index contributed by atoms with van der Waals surface area (Å²) < 4.78 is 24.3. The molecule has 30 heavy (non-hydrogen) atoms. The highest BCUT2D eigenvalue weighted by Gasteiger charge is 2.34. The topological polar surface area (TPSA) is 55.6 Å². The first-order valence-corrected chi connectivity index (χ1v) is 10.4. The van der Waals surface area contributed by atoms with Crippen molar-refractivity contribution in [2.75, 3.05) is 20.2 Å². The lowest BCUT2D eigenvalue weighted by Crippen LogP contribution is -2.45. The van der Waals surface area contributed by atoms with Crippen molar-refractivity contribution in [3.63, 3.8) is 0 Å². The van der Waals surface area contributed by atoms with E-state index in [1.807, 2.05) is 12.2 Å². The zero-order valence-corrected chi connectivity index (χ0v) is 17.6. The highest BCUT2D eigenvalue weighted by atomic mass is 19.1. The summed E-state index contributed by atoms with van der Waals surface area (Å²) in [6, 6.07) is 4.60. The molecule has 2 atom stereocenters. The van der Waals surface area contributed by atoms with Crippen LogP contribution in [0, 0.1) is 5.82 Å². The highest BCUT2D eigenvalue weighted by molar-refractivity contribution is 5.97. The van der Waals surface area contributed by atoms with Crippen LogP contribution in [0.1, 0.15) is 38.3 Å². The fraction of sp³-hybridized carbons (Fsp3) is 0.417. The van der Waals surface area contributed by atoms with Crippen molar-refractivity contribution < 1.29 is 18.4 Å². The van der Waals surface area contributed by atoms with E-state index in [0.717, 1.165) is 42.6 Å². The molecule has 1 saturated heterocycles. The van der Waals surface area contributed by atoms with Crippen molar-refractivity contribution in [1.82, 2.24) is 10.1 Å². The summed E-state index contributed by atoms with van der Waals surface area (Å²) in [7, 11) is 1.58. The number of piperidine rings is 1. The minimum atomic E-state index is -0.539. The van der Waals surface area contributed by atoms with Crippen molar-refractivity contribution in [2.45, 2.75) is 44.8 Å².